The second-order valence-electron chi connectivity index (χ2n) is 5.37. The monoisotopic (exact) mass is 396 g/mol. The van der Waals surface area contributed by atoms with Crippen LogP contribution in [0, 0.1) is 0 Å². The van der Waals surface area contributed by atoms with Crippen molar-refractivity contribution in [3.05, 3.63) is 45.6 Å². The van der Waals surface area contributed by atoms with Gasteiger partial charge in [0.1, 0.15) is 6.61 Å². The van der Waals surface area contributed by atoms with Crippen molar-refractivity contribution in [2.45, 2.75) is 26.3 Å². The third-order valence-corrected chi connectivity index (χ3v) is 3.97. The molecule has 0 aliphatic carbocycles. The molecule has 1 atom stereocenters. The van der Waals surface area contributed by atoms with E-state index < -0.39 is 12.0 Å². The molecule has 0 unspecified atom stereocenters. The maximum absolute atomic E-state index is 12.5. The van der Waals surface area contributed by atoms with Crippen molar-refractivity contribution in [1.29, 1.82) is 0 Å². The predicted molar refractivity (Wildman–Crippen MR) is 93.3 cm³/mol. The van der Waals surface area contributed by atoms with Gasteiger partial charge in [0, 0.05) is 16.8 Å². The van der Waals surface area contributed by atoms with E-state index >= 15 is 0 Å². The van der Waals surface area contributed by atoms with E-state index in [1.165, 1.54) is 0 Å². The second-order valence-corrected chi connectivity index (χ2v) is 6.29. The summed E-state index contributed by atoms with van der Waals surface area (Å²) in [5.74, 6) is -0.468. The first-order valence-corrected chi connectivity index (χ1v) is 8.60. The van der Waals surface area contributed by atoms with Crippen LogP contribution >= 0.6 is 15.9 Å². The van der Waals surface area contributed by atoms with Crippen LogP contribution in [0.25, 0.3) is 0 Å². The maximum Gasteiger partial charge on any atom is 0.338 e. The number of allylic oxidation sites excluding steroid dienone is 1. The Bertz CT molecular complexity index is 645. The summed E-state index contributed by atoms with van der Waals surface area (Å²) in [5, 5.41) is 5.39. The molecule has 130 valence electrons. The first-order chi connectivity index (χ1) is 11.5. The molecule has 0 saturated heterocycles. The molecular formula is C17H21BrN2O4. The van der Waals surface area contributed by atoms with E-state index in [1.807, 2.05) is 31.2 Å². The van der Waals surface area contributed by atoms with Crippen molar-refractivity contribution in [2.75, 3.05) is 19.8 Å². The smallest absolute Gasteiger partial charge is 0.338 e. The first kappa shape index (κ1) is 18.5. The van der Waals surface area contributed by atoms with Gasteiger partial charge in [-0.05, 0) is 31.0 Å². The number of carbonyl (C=O) groups excluding carboxylic acids is 2. The highest BCUT2D eigenvalue weighted by Crippen LogP contribution is 2.29. The van der Waals surface area contributed by atoms with Gasteiger partial charge in [-0.1, -0.05) is 35.0 Å². The molecule has 1 aromatic rings. The SMILES string of the molecule is CCCOCCOC(=O)C1=C(C)NC(=O)N[C@H]1c1cccc(Br)c1. The second kappa shape index (κ2) is 8.84. The number of amides is 2. The molecule has 1 aromatic carbocycles. The fourth-order valence-corrected chi connectivity index (χ4v) is 2.83. The standard InChI is InChI=1S/C17H21BrN2O4/c1-3-7-23-8-9-24-16(21)14-11(2)19-17(22)20-15(14)12-5-4-6-13(18)10-12/h4-6,10,15H,3,7-9H2,1-2H3,(H2,19,20,22)/t15-/m0/s1. The van der Waals surface area contributed by atoms with Gasteiger partial charge < -0.3 is 20.1 Å². The highest BCUT2D eigenvalue weighted by atomic mass is 79.9. The summed E-state index contributed by atoms with van der Waals surface area (Å²) in [6.45, 7) is 4.87. The number of rotatable bonds is 7. The van der Waals surface area contributed by atoms with Crippen molar-refractivity contribution < 1.29 is 19.1 Å². The molecular weight excluding hydrogens is 376 g/mol. The maximum atomic E-state index is 12.5. The fourth-order valence-electron chi connectivity index (χ4n) is 2.42. The lowest BCUT2D eigenvalue weighted by molar-refractivity contribution is -0.141. The van der Waals surface area contributed by atoms with E-state index in [0.29, 0.717) is 24.5 Å². The van der Waals surface area contributed by atoms with Gasteiger partial charge in [-0.2, -0.15) is 0 Å². The van der Waals surface area contributed by atoms with Crippen LogP contribution in [-0.4, -0.2) is 31.8 Å². The molecule has 0 fully saturated rings. The van der Waals surface area contributed by atoms with Crippen molar-refractivity contribution in [2.24, 2.45) is 0 Å². The third kappa shape index (κ3) is 4.82. The van der Waals surface area contributed by atoms with Crippen LogP contribution in [0.1, 0.15) is 31.9 Å². The summed E-state index contributed by atoms with van der Waals surface area (Å²) in [5.41, 5.74) is 1.68. The number of ether oxygens (including phenoxy) is 2. The Morgan fingerprint density at radius 3 is 2.79 bits per heavy atom. The number of hydrogen-bond acceptors (Lipinski definition) is 4. The number of nitrogens with one attached hydrogen (secondary N) is 2. The van der Waals surface area contributed by atoms with Gasteiger partial charge in [-0.25, -0.2) is 9.59 Å². The predicted octanol–water partition coefficient (Wildman–Crippen LogP) is 3.05. The van der Waals surface area contributed by atoms with Gasteiger partial charge in [0.15, 0.2) is 0 Å². The van der Waals surface area contributed by atoms with Gasteiger partial charge in [-0.15, -0.1) is 0 Å². The van der Waals surface area contributed by atoms with Gasteiger partial charge in [-0.3, -0.25) is 0 Å². The average molecular weight is 397 g/mol. The van der Waals surface area contributed by atoms with Crippen LogP contribution in [-0.2, 0) is 14.3 Å². The zero-order valence-electron chi connectivity index (χ0n) is 13.7. The molecule has 1 aliphatic rings. The average Bonchev–Trinajstić information content (AvgIpc) is 2.53. The lowest BCUT2D eigenvalue weighted by Crippen LogP contribution is -2.45. The normalized spacial score (nSPS) is 17.3. The van der Waals surface area contributed by atoms with E-state index in [0.717, 1.165) is 16.5 Å². The van der Waals surface area contributed by atoms with Crippen molar-refractivity contribution >= 4 is 27.9 Å². The van der Waals surface area contributed by atoms with Crippen LogP contribution in [0.15, 0.2) is 40.0 Å². The van der Waals surface area contributed by atoms with E-state index in [1.54, 1.807) is 6.92 Å². The van der Waals surface area contributed by atoms with Crippen molar-refractivity contribution in [1.82, 2.24) is 10.6 Å². The molecule has 1 heterocycles. The summed E-state index contributed by atoms with van der Waals surface area (Å²) < 4.78 is 11.5. The minimum absolute atomic E-state index is 0.175. The highest BCUT2D eigenvalue weighted by molar-refractivity contribution is 9.10. The van der Waals surface area contributed by atoms with Crippen molar-refractivity contribution in [3.8, 4) is 0 Å². The Morgan fingerprint density at radius 2 is 2.08 bits per heavy atom. The molecule has 2 amide bonds. The molecule has 0 radical (unpaired) electrons. The van der Waals surface area contributed by atoms with Gasteiger partial charge in [0.25, 0.3) is 0 Å². The van der Waals surface area contributed by atoms with Crippen LogP contribution in [0.4, 0.5) is 4.79 Å². The molecule has 24 heavy (non-hydrogen) atoms. The summed E-state index contributed by atoms with van der Waals surface area (Å²) >= 11 is 3.40. The highest BCUT2D eigenvalue weighted by Gasteiger charge is 2.32. The number of hydrogen-bond donors (Lipinski definition) is 2. The lowest BCUT2D eigenvalue weighted by Gasteiger charge is -2.28. The lowest BCUT2D eigenvalue weighted by atomic mass is 9.96. The summed E-state index contributed by atoms with van der Waals surface area (Å²) in [6, 6.07) is 6.55. The quantitative estimate of drug-likeness (QED) is 0.548. The Kier molecular flexibility index (Phi) is 6.81. The zero-order chi connectivity index (χ0) is 17.5. The number of urea groups is 1. The molecule has 6 nitrogen and oxygen atoms in total. The first-order valence-electron chi connectivity index (χ1n) is 7.81. The summed E-state index contributed by atoms with van der Waals surface area (Å²) in [6.07, 6.45) is 0.916. The van der Waals surface area contributed by atoms with E-state index in [9.17, 15) is 9.59 Å². The largest absolute Gasteiger partial charge is 0.460 e. The van der Waals surface area contributed by atoms with Crippen LogP contribution in [0.2, 0.25) is 0 Å². The Hall–Kier alpha value is -1.86. The molecule has 0 aromatic heterocycles. The molecule has 1 aliphatic heterocycles. The number of benzene rings is 1. The molecule has 0 saturated carbocycles. The Labute approximate surface area is 149 Å². The van der Waals surface area contributed by atoms with Gasteiger partial charge in [0.05, 0.1) is 18.2 Å². The summed E-state index contributed by atoms with van der Waals surface area (Å²) in [4.78, 5) is 24.3. The third-order valence-electron chi connectivity index (χ3n) is 3.48. The van der Waals surface area contributed by atoms with Crippen LogP contribution < -0.4 is 10.6 Å². The minimum atomic E-state index is -0.555. The van der Waals surface area contributed by atoms with Crippen LogP contribution in [0.3, 0.4) is 0 Å². The van der Waals surface area contributed by atoms with Gasteiger partial charge in [0.2, 0.25) is 0 Å². The molecule has 2 N–H and O–H groups in total. The number of carbonyl (C=O) groups is 2. The van der Waals surface area contributed by atoms with E-state index in [4.69, 9.17) is 9.47 Å². The molecule has 0 bridgehead atoms. The molecule has 7 heteroatoms. The van der Waals surface area contributed by atoms with Gasteiger partial charge >= 0.3 is 12.0 Å². The van der Waals surface area contributed by atoms with E-state index in [-0.39, 0.29) is 12.6 Å². The zero-order valence-corrected chi connectivity index (χ0v) is 15.3. The fraction of sp³-hybridized carbons (Fsp3) is 0.412. The van der Waals surface area contributed by atoms with E-state index in [2.05, 4.69) is 26.6 Å². The topological polar surface area (TPSA) is 76.7 Å². The number of halogens is 1. The number of esters is 1. The minimum Gasteiger partial charge on any atom is -0.460 e. The van der Waals surface area contributed by atoms with Crippen LogP contribution in [0.5, 0.6) is 0 Å². The summed E-state index contributed by atoms with van der Waals surface area (Å²) in [7, 11) is 0. The molecule has 0 spiro atoms. The Balaban J connectivity index is 2.15. The molecule has 2 rings (SSSR count). The van der Waals surface area contributed by atoms with Crippen molar-refractivity contribution in [3.63, 3.8) is 0 Å². The Morgan fingerprint density at radius 1 is 1.29 bits per heavy atom.